The number of fused-ring (bicyclic) bond motifs is 2. The summed E-state index contributed by atoms with van der Waals surface area (Å²) in [7, 11) is 0. The summed E-state index contributed by atoms with van der Waals surface area (Å²) in [5.74, 6) is 5.08. The third-order valence-electron chi connectivity index (χ3n) is 13.5. The van der Waals surface area contributed by atoms with E-state index in [1.54, 1.807) is 18.2 Å². The van der Waals surface area contributed by atoms with Crippen molar-refractivity contribution in [3.63, 3.8) is 0 Å². The Morgan fingerprint density at radius 3 is 2.31 bits per heavy atom. The molecule has 0 radical (unpaired) electrons. The molecule has 6 rings (SSSR count). The number of terminal acetylenes is 1. The Hall–Kier alpha value is -4.16. The van der Waals surface area contributed by atoms with E-state index < -0.39 is 5.97 Å². The lowest BCUT2D eigenvalue weighted by atomic mass is 9.81. The zero-order valence-corrected chi connectivity index (χ0v) is 45.6. The molecule has 0 atom stereocenters. The van der Waals surface area contributed by atoms with E-state index in [1.165, 1.54) is 70.1 Å². The summed E-state index contributed by atoms with van der Waals surface area (Å²) in [6.45, 7) is 19.5. The van der Waals surface area contributed by atoms with Crippen LogP contribution in [0.3, 0.4) is 0 Å². The van der Waals surface area contributed by atoms with Crippen LogP contribution in [0, 0.1) is 12.3 Å². The maximum Gasteiger partial charge on any atom is 0.303 e. The van der Waals surface area contributed by atoms with E-state index in [0.717, 1.165) is 88.3 Å². The Labute approximate surface area is 448 Å². The van der Waals surface area contributed by atoms with E-state index in [-0.39, 0.29) is 24.7 Å². The number of para-hydroxylation sites is 2. The van der Waals surface area contributed by atoms with Crippen LogP contribution in [-0.4, -0.2) is 77.1 Å². The largest absolute Gasteiger partial charge is 0.492 e. The smallest absolute Gasteiger partial charge is 0.303 e. The fourth-order valence-electron chi connectivity index (χ4n) is 9.84. The molecule has 3 aromatic carbocycles. The fourth-order valence-corrected chi connectivity index (χ4v) is 11.6. The number of ether oxygens (including phenoxy) is 1. The summed E-state index contributed by atoms with van der Waals surface area (Å²) in [5.41, 5.74) is 9.97. The highest BCUT2D eigenvalue weighted by Crippen LogP contribution is 2.48. The van der Waals surface area contributed by atoms with Gasteiger partial charge in [0, 0.05) is 70.5 Å². The van der Waals surface area contributed by atoms with Crippen LogP contribution in [0.25, 0.3) is 0 Å². The normalized spacial score (nSPS) is 16.8. The summed E-state index contributed by atoms with van der Waals surface area (Å²) in [4.78, 5) is 16.0. The molecule has 0 unspecified atom stereocenters. The number of unbranched alkanes of at least 4 members (excludes halogenated alkanes) is 5. The van der Waals surface area contributed by atoms with Gasteiger partial charge in [-0.1, -0.05) is 129 Å². The molecule has 0 saturated carbocycles. The summed E-state index contributed by atoms with van der Waals surface area (Å²) in [6, 6.07) is 22.9. The standard InChI is InChI=1S/C57H70Cl3N3O3S.C3H6.CH4/c1-6-34-61(35-19-39-66-51-31-30-45(58)42-48(51)59)36-20-41-67-40-17-8-7-15-37-62-49-25-13-11-23-46(49)56(2,3)52(62)32-28-43-21-18-22-44(55(43)60)29-33-53-57(4,5)47-24-12-14-26-50(47)63(53)38-16-9-10-27-54(64)65;1-3-2;/h1,11-14,23-26,28-33,42H,7-10,15-22,27,34-41H2,2-5H3;3H,1H2,2H3;1H4/p+1. The Bertz CT molecular complexity index is 2430. The maximum absolute atomic E-state index is 11.1. The van der Waals surface area contributed by atoms with Crippen LogP contribution in [0.15, 0.2) is 126 Å². The van der Waals surface area contributed by atoms with Gasteiger partial charge in [0.1, 0.15) is 12.3 Å². The van der Waals surface area contributed by atoms with Gasteiger partial charge in [0.25, 0.3) is 0 Å². The Kier molecular flexibility index (Phi) is 25.2. The number of nitrogens with zero attached hydrogens (tertiary/aromatic N) is 3. The molecule has 3 aliphatic rings. The third kappa shape index (κ3) is 16.9. The predicted molar refractivity (Wildman–Crippen MR) is 309 cm³/mol. The van der Waals surface area contributed by atoms with Crippen molar-refractivity contribution >= 4 is 69.6 Å². The Morgan fingerprint density at radius 1 is 0.873 bits per heavy atom. The molecule has 2 heterocycles. The van der Waals surface area contributed by atoms with Crippen LogP contribution in [-0.2, 0) is 15.6 Å². The van der Waals surface area contributed by atoms with Gasteiger partial charge in [-0.2, -0.15) is 16.3 Å². The summed E-state index contributed by atoms with van der Waals surface area (Å²) >= 11 is 21.6. The average Bonchev–Trinajstić information content (AvgIpc) is 3.68. The maximum atomic E-state index is 11.1. The lowest BCUT2D eigenvalue weighted by molar-refractivity contribution is -0.438. The molecule has 10 heteroatoms. The summed E-state index contributed by atoms with van der Waals surface area (Å²) in [6.07, 6.45) is 29.2. The first kappa shape index (κ1) is 59.4. The topological polar surface area (TPSA) is 56.0 Å². The van der Waals surface area contributed by atoms with Crippen molar-refractivity contribution in [3.8, 4) is 18.1 Å². The second-order valence-corrected chi connectivity index (χ2v) is 21.9. The Morgan fingerprint density at radius 2 is 1.56 bits per heavy atom. The van der Waals surface area contributed by atoms with E-state index in [0.29, 0.717) is 35.4 Å². The van der Waals surface area contributed by atoms with Gasteiger partial charge in [0.15, 0.2) is 5.71 Å². The van der Waals surface area contributed by atoms with Crippen LogP contribution < -0.4 is 9.64 Å². The minimum absolute atomic E-state index is 0. The van der Waals surface area contributed by atoms with Gasteiger partial charge in [-0.05, 0) is 144 Å². The van der Waals surface area contributed by atoms with Crippen molar-refractivity contribution in [2.75, 3.05) is 55.7 Å². The first-order chi connectivity index (χ1) is 33.7. The highest BCUT2D eigenvalue weighted by atomic mass is 35.5. The highest BCUT2D eigenvalue weighted by molar-refractivity contribution is 7.99. The monoisotopic (exact) mass is 1040 g/mol. The molecule has 0 aromatic heterocycles. The van der Waals surface area contributed by atoms with Crippen LogP contribution in [0.1, 0.15) is 137 Å². The molecule has 71 heavy (non-hydrogen) atoms. The number of thioether (sulfide) groups is 1. The number of anilines is 1. The highest BCUT2D eigenvalue weighted by Gasteiger charge is 2.44. The van der Waals surface area contributed by atoms with Gasteiger partial charge in [-0.3, -0.25) is 9.69 Å². The lowest BCUT2D eigenvalue weighted by Crippen LogP contribution is -2.28. The van der Waals surface area contributed by atoms with Crippen LogP contribution in [0.5, 0.6) is 5.75 Å². The van der Waals surface area contributed by atoms with E-state index in [1.807, 2.05) is 13.0 Å². The molecule has 2 aliphatic heterocycles. The summed E-state index contributed by atoms with van der Waals surface area (Å²) < 4.78 is 8.31. The molecule has 0 bridgehead atoms. The van der Waals surface area contributed by atoms with E-state index in [9.17, 15) is 4.79 Å². The summed E-state index contributed by atoms with van der Waals surface area (Å²) in [5, 5.41) is 11.1. The van der Waals surface area contributed by atoms with E-state index >= 15 is 0 Å². The lowest BCUT2D eigenvalue weighted by Gasteiger charge is -2.27. The quantitative estimate of drug-likeness (QED) is 0.0374. The minimum Gasteiger partial charge on any atom is -0.492 e. The second kappa shape index (κ2) is 30.1. The number of carboxylic acids is 1. The first-order valence-electron chi connectivity index (χ1n) is 25.4. The number of aliphatic carboxylic acids is 1. The van der Waals surface area contributed by atoms with Crippen molar-refractivity contribution in [1.29, 1.82) is 0 Å². The van der Waals surface area contributed by atoms with Gasteiger partial charge >= 0.3 is 5.97 Å². The predicted octanol–water partition coefficient (Wildman–Crippen LogP) is 16.8. The second-order valence-electron chi connectivity index (χ2n) is 19.5. The number of hydrogen-bond acceptors (Lipinski definition) is 5. The van der Waals surface area contributed by atoms with Crippen LogP contribution in [0.2, 0.25) is 10.0 Å². The number of carboxylic acid groups (broad SMARTS) is 1. The molecule has 0 spiro atoms. The molecule has 3 aromatic rings. The van der Waals surface area contributed by atoms with Gasteiger partial charge in [-0.25, -0.2) is 0 Å². The Balaban J connectivity index is 0.00000267. The molecule has 0 amide bonds. The number of hydrogen-bond donors (Lipinski definition) is 1. The van der Waals surface area contributed by atoms with Crippen LogP contribution >= 0.6 is 46.6 Å². The number of carbonyl (C=O) groups is 1. The van der Waals surface area contributed by atoms with Crippen molar-refractivity contribution in [2.24, 2.45) is 0 Å². The van der Waals surface area contributed by atoms with Crippen LogP contribution in [0.4, 0.5) is 11.4 Å². The van der Waals surface area contributed by atoms with Crippen molar-refractivity contribution in [2.45, 2.75) is 136 Å². The molecule has 1 aliphatic carbocycles. The van der Waals surface area contributed by atoms with Gasteiger partial charge < -0.3 is 14.7 Å². The molecule has 1 N–H and O–H groups in total. The van der Waals surface area contributed by atoms with E-state index in [2.05, 4.69) is 139 Å². The van der Waals surface area contributed by atoms with Crippen molar-refractivity contribution < 1.29 is 19.2 Å². The average molecular weight is 1040 g/mol. The van der Waals surface area contributed by atoms with Gasteiger partial charge in [0.2, 0.25) is 5.69 Å². The number of allylic oxidation sites excluding steroid dienone is 9. The molecular formula is C61H81Cl3N3O3S+. The van der Waals surface area contributed by atoms with Gasteiger partial charge in [0.05, 0.1) is 23.6 Å². The molecule has 6 nitrogen and oxygen atoms in total. The van der Waals surface area contributed by atoms with Crippen molar-refractivity contribution in [1.82, 2.24) is 4.90 Å². The molecular weight excluding hydrogens is 961 g/mol. The SMILES string of the molecule is C.C#CCN(CCCOc1ccc(Cl)cc1Cl)CCCSCCCCCCN1/C(=C\C=C2/CCCC(/C=C/C3=[N+](CCCCCC(=O)O)c4ccccc4C3(C)C)=C2Cl)C(C)(C)c2ccccc21.C=CC. The first-order valence-corrected chi connectivity index (χ1v) is 27.7. The number of halogens is 3. The number of rotatable bonds is 26. The van der Waals surface area contributed by atoms with Gasteiger partial charge in [-0.15, -0.1) is 13.0 Å². The molecule has 0 fully saturated rings. The zero-order valence-electron chi connectivity index (χ0n) is 42.5. The molecule has 384 valence electrons. The van der Waals surface area contributed by atoms with E-state index in [4.69, 9.17) is 51.1 Å². The fraction of sp³-hybridized carbons (Fsp3) is 0.475. The third-order valence-corrected chi connectivity index (χ3v) is 15.7. The molecule has 0 saturated heterocycles. The minimum atomic E-state index is -0.724. The van der Waals surface area contributed by atoms with Crippen molar-refractivity contribution in [3.05, 3.63) is 147 Å². The number of benzene rings is 3. The zero-order chi connectivity index (χ0) is 50.5.